The van der Waals surface area contributed by atoms with Gasteiger partial charge >= 0.3 is 6.18 Å². The Labute approximate surface area is 213 Å². The SMILES string of the molecule is C=C(NC(C)c1ccc(C=O)cc1)/C(C(=N)C(F)(F)F)=C1/NCCN1Cc1cccc(COCCF)c1. The van der Waals surface area contributed by atoms with Gasteiger partial charge in [-0.05, 0) is 23.6 Å². The standard InChI is InChI=1S/C27H30F4N4O2/c1-18(23-8-6-20(16-36)7-9-23)34-19(2)24(25(32)27(29,30)31)26-33-11-12-35(26)15-21-4-3-5-22(14-21)17-37-13-10-28/h3-9,14,16,18,32-34H,2,10-13,15,17H2,1H3/b26-24+,32-25?. The monoisotopic (exact) mass is 518 g/mol. The Morgan fingerprint density at radius 3 is 2.59 bits per heavy atom. The summed E-state index contributed by atoms with van der Waals surface area (Å²) >= 11 is 0. The Morgan fingerprint density at radius 1 is 1.24 bits per heavy atom. The molecule has 2 aromatic carbocycles. The maximum atomic E-state index is 13.8. The number of aldehydes is 1. The van der Waals surface area contributed by atoms with Crippen LogP contribution in [0.1, 0.15) is 40.0 Å². The molecule has 6 nitrogen and oxygen atoms in total. The highest BCUT2D eigenvalue weighted by atomic mass is 19.4. The number of halogens is 4. The summed E-state index contributed by atoms with van der Waals surface area (Å²) in [4.78, 5) is 12.7. The Balaban J connectivity index is 1.87. The van der Waals surface area contributed by atoms with Crippen molar-refractivity contribution in [2.75, 3.05) is 26.4 Å². The quantitative estimate of drug-likeness (QED) is 0.159. The summed E-state index contributed by atoms with van der Waals surface area (Å²) in [5, 5.41) is 14.0. The van der Waals surface area contributed by atoms with Crippen molar-refractivity contribution in [2.45, 2.75) is 32.3 Å². The number of ether oxygens (including phenoxy) is 1. The first-order chi connectivity index (χ1) is 17.6. The van der Waals surface area contributed by atoms with Crippen LogP contribution >= 0.6 is 0 Å². The summed E-state index contributed by atoms with van der Waals surface area (Å²) in [5.74, 6) is 0.169. The molecule has 2 aromatic rings. The molecule has 0 amide bonds. The van der Waals surface area contributed by atoms with Crippen LogP contribution < -0.4 is 10.6 Å². The molecular weight excluding hydrogens is 488 g/mol. The van der Waals surface area contributed by atoms with E-state index in [2.05, 4.69) is 17.2 Å². The second-order valence-corrected chi connectivity index (χ2v) is 8.64. The topological polar surface area (TPSA) is 77.5 Å². The Hall–Kier alpha value is -3.66. The van der Waals surface area contributed by atoms with Crippen LogP contribution in [0.25, 0.3) is 0 Å². The number of hydrogen-bond donors (Lipinski definition) is 3. The fourth-order valence-corrected chi connectivity index (χ4v) is 4.05. The molecule has 0 radical (unpaired) electrons. The lowest BCUT2D eigenvalue weighted by Crippen LogP contribution is -2.34. The van der Waals surface area contributed by atoms with Crippen LogP contribution in [0.2, 0.25) is 0 Å². The molecule has 0 saturated carbocycles. The summed E-state index contributed by atoms with van der Waals surface area (Å²) in [6.07, 6.45) is -4.17. The van der Waals surface area contributed by atoms with E-state index in [1.807, 2.05) is 24.3 Å². The second-order valence-electron chi connectivity index (χ2n) is 8.64. The molecule has 0 aliphatic carbocycles. The molecule has 1 unspecified atom stereocenters. The van der Waals surface area contributed by atoms with E-state index >= 15 is 0 Å². The first kappa shape index (κ1) is 27.9. The summed E-state index contributed by atoms with van der Waals surface area (Å²) < 4.78 is 58.8. The van der Waals surface area contributed by atoms with Crippen LogP contribution in [0.5, 0.6) is 0 Å². The zero-order valence-corrected chi connectivity index (χ0v) is 20.5. The van der Waals surface area contributed by atoms with Gasteiger partial charge in [0, 0.05) is 36.9 Å². The molecule has 1 heterocycles. The van der Waals surface area contributed by atoms with E-state index < -0.39 is 24.6 Å². The average molecular weight is 519 g/mol. The van der Waals surface area contributed by atoms with E-state index in [0.717, 1.165) is 16.7 Å². The smallest absolute Gasteiger partial charge is 0.378 e. The fraction of sp³-hybridized carbons (Fsp3) is 0.333. The van der Waals surface area contributed by atoms with E-state index in [-0.39, 0.29) is 30.3 Å². The molecule has 0 bridgehead atoms. The van der Waals surface area contributed by atoms with E-state index in [1.165, 1.54) is 0 Å². The highest BCUT2D eigenvalue weighted by Gasteiger charge is 2.40. The van der Waals surface area contributed by atoms with Gasteiger partial charge < -0.3 is 20.3 Å². The van der Waals surface area contributed by atoms with Gasteiger partial charge in [0.2, 0.25) is 0 Å². The maximum absolute atomic E-state index is 13.8. The van der Waals surface area contributed by atoms with Crippen molar-refractivity contribution in [3.63, 3.8) is 0 Å². The predicted molar refractivity (Wildman–Crippen MR) is 134 cm³/mol. The third-order valence-electron chi connectivity index (χ3n) is 5.88. The molecule has 10 heteroatoms. The first-order valence-corrected chi connectivity index (χ1v) is 11.8. The third kappa shape index (κ3) is 7.42. The van der Waals surface area contributed by atoms with Crippen LogP contribution in [0.3, 0.4) is 0 Å². The third-order valence-corrected chi connectivity index (χ3v) is 5.88. The van der Waals surface area contributed by atoms with Gasteiger partial charge in [0.1, 0.15) is 24.5 Å². The zero-order valence-electron chi connectivity index (χ0n) is 20.5. The van der Waals surface area contributed by atoms with Gasteiger partial charge in [-0.15, -0.1) is 0 Å². The molecule has 1 fully saturated rings. The van der Waals surface area contributed by atoms with Gasteiger partial charge in [-0.3, -0.25) is 10.2 Å². The lowest BCUT2D eigenvalue weighted by Gasteiger charge is -2.27. The van der Waals surface area contributed by atoms with Crippen molar-refractivity contribution >= 4 is 12.0 Å². The lowest BCUT2D eigenvalue weighted by atomic mass is 10.0. The van der Waals surface area contributed by atoms with Crippen molar-refractivity contribution in [3.8, 4) is 0 Å². The number of allylic oxidation sites excluding steroid dienone is 1. The minimum Gasteiger partial charge on any atom is -0.378 e. The highest BCUT2D eigenvalue weighted by molar-refractivity contribution is 6.05. The maximum Gasteiger partial charge on any atom is 0.433 e. The molecule has 3 rings (SSSR count). The predicted octanol–water partition coefficient (Wildman–Crippen LogP) is 5.05. The molecule has 1 atom stereocenters. The normalized spacial score (nSPS) is 15.6. The second kappa shape index (κ2) is 12.5. The van der Waals surface area contributed by atoms with Crippen LogP contribution in [0, 0.1) is 5.41 Å². The van der Waals surface area contributed by atoms with Crippen molar-refractivity contribution in [2.24, 2.45) is 0 Å². The average Bonchev–Trinajstić information content (AvgIpc) is 3.31. The molecule has 0 spiro atoms. The van der Waals surface area contributed by atoms with Gasteiger partial charge in [0.05, 0.1) is 18.8 Å². The molecule has 1 aliphatic rings. The highest BCUT2D eigenvalue weighted by Crippen LogP contribution is 2.30. The molecular formula is C27H30F4N4O2. The molecule has 1 aliphatic heterocycles. The Kier molecular flexibility index (Phi) is 9.46. The number of carbonyl (C=O) groups is 1. The van der Waals surface area contributed by atoms with Crippen molar-refractivity contribution in [1.29, 1.82) is 5.41 Å². The Morgan fingerprint density at radius 2 is 1.95 bits per heavy atom. The summed E-state index contributed by atoms with van der Waals surface area (Å²) in [6, 6.07) is 13.6. The largest absolute Gasteiger partial charge is 0.433 e. The van der Waals surface area contributed by atoms with Crippen LogP contribution in [-0.4, -0.2) is 49.4 Å². The van der Waals surface area contributed by atoms with Crippen LogP contribution in [-0.2, 0) is 17.9 Å². The number of nitrogens with one attached hydrogen (secondary N) is 3. The molecule has 0 aromatic heterocycles. The Bertz CT molecular complexity index is 1150. The summed E-state index contributed by atoms with van der Waals surface area (Å²) in [5.41, 5.74) is 0.991. The van der Waals surface area contributed by atoms with Gasteiger partial charge in [0.15, 0.2) is 0 Å². The van der Waals surface area contributed by atoms with E-state index in [9.17, 15) is 22.4 Å². The minimum absolute atomic E-state index is 0.00909. The van der Waals surface area contributed by atoms with E-state index in [0.29, 0.717) is 31.5 Å². The number of carbonyl (C=O) groups excluding carboxylic acids is 1. The number of hydrogen-bond acceptors (Lipinski definition) is 6. The number of rotatable bonds is 12. The van der Waals surface area contributed by atoms with E-state index in [1.54, 1.807) is 36.1 Å². The number of alkyl halides is 4. The minimum atomic E-state index is -4.88. The van der Waals surface area contributed by atoms with Crippen molar-refractivity contribution in [3.05, 3.63) is 94.5 Å². The first-order valence-electron chi connectivity index (χ1n) is 11.8. The fourth-order valence-electron chi connectivity index (χ4n) is 4.05. The van der Waals surface area contributed by atoms with Gasteiger partial charge in [-0.25, -0.2) is 4.39 Å². The molecule has 1 saturated heterocycles. The van der Waals surface area contributed by atoms with Crippen molar-refractivity contribution < 1.29 is 27.1 Å². The lowest BCUT2D eigenvalue weighted by molar-refractivity contribution is -0.0590. The summed E-state index contributed by atoms with van der Waals surface area (Å²) in [6.45, 7) is 6.38. The van der Waals surface area contributed by atoms with Crippen LogP contribution in [0.4, 0.5) is 17.6 Å². The van der Waals surface area contributed by atoms with Gasteiger partial charge in [-0.2, -0.15) is 13.2 Å². The van der Waals surface area contributed by atoms with Gasteiger partial charge in [0.25, 0.3) is 0 Å². The molecule has 198 valence electrons. The van der Waals surface area contributed by atoms with Gasteiger partial charge in [-0.1, -0.05) is 55.1 Å². The number of benzene rings is 2. The molecule has 3 N–H and O–H groups in total. The van der Waals surface area contributed by atoms with Crippen LogP contribution in [0.15, 0.2) is 72.2 Å². The van der Waals surface area contributed by atoms with E-state index in [4.69, 9.17) is 10.1 Å². The zero-order chi connectivity index (χ0) is 27.0. The number of nitrogens with zero attached hydrogens (tertiary/aromatic N) is 1. The van der Waals surface area contributed by atoms with Crippen molar-refractivity contribution in [1.82, 2.24) is 15.5 Å². The summed E-state index contributed by atoms with van der Waals surface area (Å²) in [7, 11) is 0. The molecule has 37 heavy (non-hydrogen) atoms.